The van der Waals surface area contributed by atoms with Gasteiger partial charge in [0.25, 0.3) is 0 Å². The molecule has 0 atom stereocenters. The number of benzene rings is 1. The van der Waals surface area contributed by atoms with Gasteiger partial charge in [-0.2, -0.15) is 0 Å². The zero-order valence-electron chi connectivity index (χ0n) is 8.03. The number of phenols is 1. The van der Waals surface area contributed by atoms with Gasteiger partial charge in [-0.25, -0.2) is 0 Å². The molecule has 3 heteroatoms. The van der Waals surface area contributed by atoms with E-state index in [9.17, 15) is 5.11 Å². The van der Waals surface area contributed by atoms with Crippen LogP contribution in [0.1, 0.15) is 12.5 Å². The van der Waals surface area contributed by atoms with Crippen LogP contribution in [0, 0.1) is 0 Å². The number of aromatic hydroxyl groups is 1. The Bertz CT molecular complexity index is 332. The van der Waals surface area contributed by atoms with Crippen LogP contribution >= 0.6 is 0 Å². The molecule has 0 aliphatic heterocycles. The first-order valence-electron chi connectivity index (χ1n) is 3.99. The van der Waals surface area contributed by atoms with Crippen molar-refractivity contribution in [3.8, 4) is 11.5 Å². The summed E-state index contributed by atoms with van der Waals surface area (Å²) < 4.78 is 4.96. The third kappa shape index (κ3) is 1.99. The van der Waals surface area contributed by atoms with Gasteiger partial charge in [-0.05, 0) is 19.1 Å². The van der Waals surface area contributed by atoms with E-state index in [0.717, 1.165) is 11.3 Å². The average Bonchev–Trinajstić information content (AvgIpc) is 2.16. The lowest BCUT2D eigenvalue weighted by atomic mass is 10.1. The summed E-state index contributed by atoms with van der Waals surface area (Å²) in [5.74, 6) is 0.840. The van der Waals surface area contributed by atoms with E-state index in [1.807, 2.05) is 6.92 Å². The minimum atomic E-state index is 0.197. The van der Waals surface area contributed by atoms with Gasteiger partial charge >= 0.3 is 0 Å². The highest BCUT2D eigenvalue weighted by molar-refractivity contribution is 6.01. The number of phenolic OH excluding ortho intramolecular Hbond substituents is 1. The van der Waals surface area contributed by atoms with Gasteiger partial charge in [-0.1, -0.05) is 0 Å². The number of aliphatic imine (C=N–C) groups is 1. The summed E-state index contributed by atoms with van der Waals surface area (Å²) >= 11 is 0. The lowest BCUT2D eigenvalue weighted by molar-refractivity contribution is 0.407. The molecule has 1 aromatic carbocycles. The minimum Gasteiger partial charge on any atom is -0.507 e. The molecule has 0 saturated heterocycles. The fourth-order valence-corrected chi connectivity index (χ4v) is 1.06. The molecule has 1 rings (SSSR count). The van der Waals surface area contributed by atoms with Gasteiger partial charge in [0.05, 0.1) is 7.11 Å². The molecular weight excluding hydrogens is 166 g/mol. The van der Waals surface area contributed by atoms with Gasteiger partial charge in [0.2, 0.25) is 0 Å². The number of nitrogens with zero attached hydrogens (tertiary/aromatic N) is 1. The van der Waals surface area contributed by atoms with E-state index < -0.39 is 0 Å². The van der Waals surface area contributed by atoms with Crippen LogP contribution in [-0.4, -0.2) is 25.0 Å². The fraction of sp³-hybridized carbons (Fsp3) is 0.300. The molecule has 0 saturated carbocycles. The van der Waals surface area contributed by atoms with Crippen LogP contribution in [0.15, 0.2) is 23.2 Å². The Labute approximate surface area is 77.7 Å². The van der Waals surface area contributed by atoms with E-state index in [-0.39, 0.29) is 5.75 Å². The number of hydrogen-bond donors (Lipinski definition) is 1. The second-order valence-electron chi connectivity index (χ2n) is 2.69. The van der Waals surface area contributed by atoms with Crippen LogP contribution < -0.4 is 4.74 Å². The van der Waals surface area contributed by atoms with Gasteiger partial charge in [0, 0.05) is 24.4 Å². The first-order valence-corrected chi connectivity index (χ1v) is 3.99. The van der Waals surface area contributed by atoms with Crippen molar-refractivity contribution in [2.45, 2.75) is 6.92 Å². The molecule has 0 amide bonds. The quantitative estimate of drug-likeness (QED) is 0.704. The fourth-order valence-electron chi connectivity index (χ4n) is 1.06. The maximum Gasteiger partial charge on any atom is 0.128 e. The van der Waals surface area contributed by atoms with Crippen LogP contribution in [0.2, 0.25) is 0 Å². The lowest BCUT2D eigenvalue weighted by Crippen LogP contribution is -1.95. The zero-order chi connectivity index (χ0) is 9.84. The molecule has 70 valence electrons. The average molecular weight is 179 g/mol. The topological polar surface area (TPSA) is 41.8 Å². The Morgan fingerprint density at radius 3 is 2.62 bits per heavy atom. The molecule has 0 bridgehead atoms. The predicted molar refractivity (Wildman–Crippen MR) is 52.8 cm³/mol. The van der Waals surface area contributed by atoms with Crippen molar-refractivity contribution < 1.29 is 9.84 Å². The molecule has 0 radical (unpaired) electrons. The summed E-state index contributed by atoms with van der Waals surface area (Å²) in [5.41, 5.74) is 1.54. The molecular formula is C10H13NO2. The molecule has 1 N–H and O–H groups in total. The van der Waals surface area contributed by atoms with Gasteiger partial charge < -0.3 is 9.84 Å². The standard InChI is InChI=1S/C10H13NO2/c1-7(11-2)9-5-4-8(13-3)6-10(9)12/h4-6,12H,1-3H3. The number of rotatable bonds is 2. The van der Waals surface area contributed by atoms with Crippen molar-refractivity contribution in [1.29, 1.82) is 0 Å². The summed E-state index contributed by atoms with van der Waals surface area (Å²) in [6.45, 7) is 1.85. The molecule has 0 heterocycles. The zero-order valence-corrected chi connectivity index (χ0v) is 8.03. The monoisotopic (exact) mass is 179 g/mol. The van der Waals surface area contributed by atoms with E-state index in [1.54, 1.807) is 32.4 Å². The minimum absolute atomic E-state index is 0.197. The first kappa shape index (κ1) is 9.58. The Kier molecular flexibility index (Phi) is 2.90. The highest BCUT2D eigenvalue weighted by atomic mass is 16.5. The molecule has 0 spiro atoms. The largest absolute Gasteiger partial charge is 0.507 e. The van der Waals surface area contributed by atoms with E-state index in [1.165, 1.54) is 0 Å². The maximum atomic E-state index is 9.56. The van der Waals surface area contributed by atoms with Crippen molar-refractivity contribution >= 4 is 5.71 Å². The van der Waals surface area contributed by atoms with Gasteiger partial charge in [0.15, 0.2) is 0 Å². The van der Waals surface area contributed by atoms with Gasteiger partial charge in [0.1, 0.15) is 11.5 Å². The maximum absolute atomic E-state index is 9.56. The molecule has 3 nitrogen and oxygen atoms in total. The van der Waals surface area contributed by atoms with Crippen LogP contribution in [-0.2, 0) is 0 Å². The number of ether oxygens (including phenoxy) is 1. The van der Waals surface area contributed by atoms with E-state index >= 15 is 0 Å². The smallest absolute Gasteiger partial charge is 0.128 e. The van der Waals surface area contributed by atoms with Crippen LogP contribution in [0.3, 0.4) is 0 Å². The van der Waals surface area contributed by atoms with E-state index in [2.05, 4.69) is 4.99 Å². The summed E-state index contributed by atoms with van der Waals surface area (Å²) in [6.07, 6.45) is 0. The van der Waals surface area contributed by atoms with Gasteiger partial charge in [-0.15, -0.1) is 0 Å². The SMILES string of the molecule is CN=C(C)c1ccc(OC)cc1O. The summed E-state index contributed by atoms with van der Waals surface area (Å²) in [5, 5.41) is 9.56. The number of hydrogen-bond acceptors (Lipinski definition) is 3. The molecule has 0 unspecified atom stereocenters. The van der Waals surface area contributed by atoms with Crippen LogP contribution in [0.5, 0.6) is 11.5 Å². The second-order valence-corrected chi connectivity index (χ2v) is 2.69. The Morgan fingerprint density at radius 1 is 1.46 bits per heavy atom. The summed E-state index contributed by atoms with van der Waals surface area (Å²) in [4.78, 5) is 3.99. The third-order valence-corrected chi connectivity index (χ3v) is 1.93. The summed E-state index contributed by atoms with van der Waals surface area (Å²) in [6, 6.07) is 5.16. The number of methoxy groups -OCH3 is 1. The molecule has 0 fully saturated rings. The van der Waals surface area contributed by atoms with Crippen LogP contribution in [0.4, 0.5) is 0 Å². The Hall–Kier alpha value is -1.51. The second kappa shape index (κ2) is 3.94. The van der Waals surface area contributed by atoms with Crippen molar-refractivity contribution in [2.75, 3.05) is 14.2 Å². The molecule has 0 aromatic heterocycles. The van der Waals surface area contributed by atoms with Crippen molar-refractivity contribution in [3.63, 3.8) is 0 Å². The Morgan fingerprint density at radius 2 is 2.15 bits per heavy atom. The van der Waals surface area contributed by atoms with E-state index in [0.29, 0.717) is 5.75 Å². The predicted octanol–water partition coefficient (Wildman–Crippen LogP) is 1.84. The van der Waals surface area contributed by atoms with Crippen LogP contribution in [0.25, 0.3) is 0 Å². The highest BCUT2D eigenvalue weighted by Crippen LogP contribution is 2.23. The summed E-state index contributed by atoms with van der Waals surface area (Å²) in [7, 11) is 3.26. The van der Waals surface area contributed by atoms with Crippen molar-refractivity contribution in [1.82, 2.24) is 0 Å². The lowest BCUT2D eigenvalue weighted by Gasteiger charge is -2.05. The van der Waals surface area contributed by atoms with Crippen molar-refractivity contribution in [3.05, 3.63) is 23.8 Å². The van der Waals surface area contributed by atoms with Gasteiger partial charge in [-0.3, -0.25) is 4.99 Å². The van der Waals surface area contributed by atoms with Crippen molar-refractivity contribution in [2.24, 2.45) is 4.99 Å². The normalized spacial score (nSPS) is 11.5. The molecule has 13 heavy (non-hydrogen) atoms. The molecule has 0 aliphatic rings. The molecule has 1 aromatic rings. The highest BCUT2D eigenvalue weighted by Gasteiger charge is 2.04. The first-order chi connectivity index (χ1) is 6.19. The third-order valence-electron chi connectivity index (χ3n) is 1.93. The van der Waals surface area contributed by atoms with E-state index in [4.69, 9.17) is 4.74 Å². The molecule has 0 aliphatic carbocycles. The Balaban J connectivity index is 3.12.